The molecule has 1 aliphatic heterocycles. The zero-order valence-electron chi connectivity index (χ0n) is 16.8. The number of alkyl halides is 3. The first-order valence-corrected chi connectivity index (χ1v) is 9.78. The number of ether oxygens (including phenoxy) is 2. The maximum absolute atomic E-state index is 12.3. The Morgan fingerprint density at radius 1 is 1.30 bits per heavy atom. The van der Waals surface area contributed by atoms with Crippen LogP contribution in [-0.2, 0) is 9.53 Å². The van der Waals surface area contributed by atoms with E-state index in [1.807, 2.05) is 13.0 Å². The van der Waals surface area contributed by atoms with Crippen LogP contribution in [0, 0.1) is 0 Å². The highest BCUT2D eigenvalue weighted by molar-refractivity contribution is 5.88. The van der Waals surface area contributed by atoms with Crippen molar-refractivity contribution in [2.75, 3.05) is 26.5 Å². The number of aliphatic hydroxyl groups is 1. The Hall–Kier alpha value is -2.30. The quantitative estimate of drug-likeness (QED) is 0.442. The minimum Gasteiger partial charge on any atom is -0.484 e. The van der Waals surface area contributed by atoms with E-state index in [0.717, 1.165) is 31.4 Å². The lowest BCUT2D eigenvalue weighted by atomic mass is 10.1. The molecule has 2 atom stereocenters. The van der Waals surface area contributed by atoms with Crippen LogP contribution in [0.15, 0.2) is 36.5 Å². The Morgan fingerprint density at radius 2 is 2.10 bits per heavy atom. The van der Waals surface area contributed by atoms with Crippen molar-refractivity contribution in [3.63, 3.8) is 0 Å². The smallest absolute Gasteiger partial charge is 0.422 e. The first-order chi connectivity index (χ1) is 14.2. The number of nitrogens with zero attached hydrogens (tertiary/aromatic N) is 1. The van der Waals surface area contributed by atoms with Gasteiger partial charge in [0.15, 0.2) is 6.61 Å². The lowest BCUT2D eigenvalue weighted by molar-refractivity contribution is -0.153. The molecular weight excluding hydrogens is 403 g/mol. The zero-order chi connectivity index (χ0) is 22.0. The fourth-order valence-electron chi connectivity index (χ4n) is 2.77. The van der Waals surface area contributed by atoms with Gasteiger partial charge in [-0.15, -0.1) is 0 Å². The molecule has 168 valence electrons. The van der Waals surface area contributed by atoms with E-state index in [1.54, 1.807) is 12.1 Å². The summed E-state index contributed by atoms with van der Waals surface area (Å²) in [7, 11) is 0. The fourth-order valence-corrected chi connectivity index (χ4v) is 2.77. The van der Waals surface area contributed by atoms with E-state index in [0.29, 0.717) is 6.61 Å². The van der Waals surface area contributed by atoms with Gasteiger partial charge in [0, 0.05) is 24.9 Å². The van der Waals surface area contributed by atoms with Gasteiger partial charge in [-0.25, -0.2) is 0 Å². The number of halogens is 3. The molecule has 10 heteroatoms. The van der Waals surface area contributed by atoms with E-state index in [9.17, 15) is 23.1 Å². The Kier molecular flexibility index (Phi) is 9.41. The van der Waals surface area contributed by atoms with Crippen LogP contribution in [0.3, 0.4) is 0 Å². The molecule has 0 radical (unpaired) electrons. The van der Waals surface area contributed by atoms with Crippen molar-refractivity contribution >= 4 is 5.91 Å². The highest BCUT2D eigenvalue weighted by Crippen LogP contribution is 2.22. The summed E-state index contributed by atoms with van der Waals surface area (Å²) in [5.41, 5.74) is 0.859. The first-order valence-electron chi connectivity index (χ1n) is 9.78. The molecule has 0 aliphatic carbocycles. The largest absolute Gasteiger partial charge is 0.484 e. The second kappa shape index (κ2) is 11.8. The van der Waals surface area contributed by atoms with Gasteiger partial charge in [-0.05, 0) is 50.4 Å². The van der Waals surface area contributed by atoms with E-state index in [1.165, 1.54) is 23.2 Å². The average molecular weight is 431 g/mol. The van der Waals surface area contributed by atoms with Gasteiger partial charge in [-0.1, -0.05) is 12.1 Å². The van der Waals surface area contributed by atoms with Crippen molar-refractivity contribution in [2.24, 2.45) is 0 Å². The van der Waals surface area contributed by atoms with Gasteiger partial charge < -0.3 is 30.1 Å². The number of carbonyl (C=O) groups excluding carboxylic acids is 1. The number of nitrogens with one attached hydrogen (secondary N) is 2. The average Bonchev–Trinajstić information content (AvgIpc) is 2.69. The molecule has 3 N–H and O–H groups in total. The van der Waals surface area contributed by atoms with Gasteiger partial charge in [0.25, 0.3) is 0 Å². The molecule has 0 fully saturated rings. The molecular formula is C20H28F3N3O4. The summed E-state index contributed by atoms with van der Waals surface area (Å²) in [4.78, 5) is 12.5. The molecule has 1 heterocycles. The standard InChI is InChI=1S/C20H28F3N3O4/c1-15(16-6-5-7-17(12-16)30-13-20(21,22)23)24-9-3-2-4-11-29-14-26-10-8-18(27)25-19(26)28/h5-8,10,12,15,19,24,28H,2-4,9,11,13-14H2,1H3,(H,25,27)/t15-,19?/m1/s1. The number of benzene rings is 1. The van der Waals surface area contributed by atoms with Crippen molar-refractivity contribution in [1.82, 2.24) is 15.5 Å². The predicted octanol–water partition coefficient (Wildman–Crippen LogP) is 2.64. The number of hydrogen-bond acceptors (Lipinski definition) is 6. The van der Waals surface area contributed by atoms with Crippen LogP contribution in [0.25, 0.3) is 0 Å². The minimum atomic E-state index is -4.36. The molecule has 0 aromatic heterocycles. The predicted molar refractivity (Wildman–Crippen MR) is 104 cm³/mol. The van der Waals surface area contributed by atoms with E-state index in [2.05, 4.69) is 10.6 Å². The molecule has 1 aromatic carbocycles. The summed E-state index contributed by atoms with van der Waals surface area (Å²) in [6, 6.07) is 6.63. The van der Waals surface area contributed by atoms with Crippen LogP contribution < -0.4 is 15.4 Å². The van der Waals surface area contributed by atoms with Crippen molar-refractivity contribution in [3.05, 3.63) is 42.1 Å². The van der Waals surface area contributed by atoms with Crippen LogP contribution in [0.2, 0.25) is 0 Å². The van der Waals surface area contributed by atoms with Gasteiger partial charge in [0.2, 0.25) is 12.3 Å². The summed E-state index contributed by atoms with van der Waals surface area (Å²) >= 11 is 0. The Balaban J connectivity index is 1.56. The molecule has 30 heavy (non-hydrogen) atoms. The number of rotatable bonds is 12. The highest BCUT2D eigenvalue weighted by atomic mass is 19.4. The van der Waals surface area contributed by atoms with Crippen LogP contribution in [0.1, 0.15) is 37.8 Å². The van der Waals surface area contributed by atoms with E-state index < -0.39 is 19.1 Å². The summed E-state index contributed by atoms with van der Waals surface area (Å²) in [6.07, 6.45) is 0.0642. The van der Waals surface area contributed by atoms with Gasteiger partial charge in [0.05, 0.1) is 0 Å². The summed E-state index contributed by atoms with van der Waals surface area (Å²) in [5.74, 6) is -0.148. The molecule has 7 nitrogen and oxygen atoms in total. The molecule has 1 aliphatic rings. The molecule has 1 unspecified atom stereocenters. The van der Waals surface area contributed by atoms with Gasteiger partial charge >= 0.3 is 6.18 Å². The molecule has 0 saturated carbocycles. The molecule has 0 spiro atoms. The van der Waals surface area contributed by atoms with Gasteiger partial charge in [0.1, 0.15) is 12.5 Å². The minimum absolute atomic E-state index is 0.0155. The molecule has 1 aromatic rings. The molecule has 1 amide bonds. The zero-order valence-corrected chi connectivity index (χ0v) is 16.8. The lowest BCUT2D eigenvalue weighted by Crippen LogP contribution is -2.49. The highest BCUT2D eigenvalue weighted by Gasteiger charge is 2.28. The van der Waals surface area contributed by atoms with Crippen LogP contribution >= 0.6 is 0 Å². The van der Waals surface area contributed by atoms with Gasteiger partial charge in [-0.2, -0.15) is 13.2 Å². The maximum Gasteiger partial charge on any atom is 0.422 e. The maximum atomic E-state index is 12.3. The van der Waals surface area contributed by atoms with Crippen molar-refractivity contribution in [3.8, 4) is 5.75 Å². The summed E-state index contributed by atoms with van der Waals surface area (Å²) < 4.78 is 47.1. The number of unbranched alkanes of at least 4 members (excludes halogenated alkanes) is 2. The monoisotopic (exact) mass is 431 g/mol. The number of hydrogen-bond donors (Lipinski definition) is 3. The molecule has 2 rings (SSSR count). The normalized spacial score (nSPS) is 17.7. The fraction of sp³-hybridized carbons (Fsp3) is 0.550. The number of amides is 1. The Bertz CT molecular complexity index is 700. The second-order valence-electron chi connectivity index (χ2n) is 6.96. The van der Waals surface area contributed by atoms with E-state index >= 15 is 0 Å². The Labute approximate surface area is 173 Å². The summed E-state index contributed by atoms with van der Waals surface area (Å²) in [6.45, 7) is 2.11. The second-order valence-corrected chi connectivity index (χ2v) is 6.96. The van der Waals surface area contributed by atoms with Crippen LogP contribution in [0.5, 0.6) is 5.75 Å². The number of carbonyl (C=O) groups is 1. The van der Waals surface area contributed by atoms with E-state index in [-0.39, 0.29) is 24.4 Å². The van der Waals surface area contributed by atoms with Crippen LogP contribution in [-0.4, -0.2) is 54.9 Å². The Morgan fingerprint density at radius 3 is 2.83 bits per heavy atom. The van der Waals surface area contributed by atoms with Crippen molar-refractivity contribution < 1.29 is 32.5 Å². The molecule has 0 saturated heterocycles. The lowest BCUT2D eigenvalue weighted by Gasteiger charge is -2.29. The summed E-state index contributed by atoms with van der Waals surface area (Å²) in [5, 5.41) is 15.3. The SMILES string of the molecule is C[C@@H](NCCCCCOCN1C=CC(=O)NC1O)c1cccc(OCC(F)(F)F)c1. The number of aliphatic hydroxyl groups excluding tert-OH is 1. The van der Waals surface area contributed by atoms with Crippen molar-refractivity contribution in [2.45, 2.75) is 44.8 Å². The van der Waals surface area contributed by atoms with E-state index in [4.69, 9.17) is 9.47 Å². The third-order valence-electron chi connectivity index (χ3n) is 4.42. The topological polar surface area (TPSA) is 83.1 Å². The third-order valence-corrected chi connectivity index (χ3v) is 4.42. The van der Waals surface area contributed by atoms with Gasteiger partial charge in [-0.3, -0.25) is 4.79 Å². The first kappa shape index (κ1) is 24.0. The van der Waals surface area contributed by atoms with Crippen molar-refractivity contribution in [1.29, 1.82) is 0 Å². The van der Waals surface area contributed by atoms with Crippen LogP contribution in [0.4, 0.5) is 13.2 Å². The third kappa shape index (κ3) is 9.02. The molecule has 0 bridgehead atoms.